The molecule has 5 heteroatoms. The van der Waals surface area contributed by atoms with Gasteiger partial charge in [-0.15, -0.1) is 0 Å². The predicted molar refractivity (Wildman–Crippen MR) is 75.7 cm³/mol. The fourth-order valence-corrected chi connectivity index (χ4v) is 7.85. The van der Waals surface area contributed by atoms with Crippen LogP contribution in [0.4, 0.5) is 0 Å². The van der Waals surface area contributed by atoms with E-state index in [2.05, 4.69) is 0 Å². The minimum Gasteiger partial charge on any atom is -0.615 e. The van der Waals surface area contributed by atoms with E-state index in [0.29, 0.717) is 0 Å². The molecule has 2 fully saturated rings. The van der Waals surface area contributed by atoms with Crippen molar-refractivity contribution in [2.24, 2.45) is 0 Å². The van der Waals surface area contributed by atoms with E-state index in [-0.39, 0.29) is 15.6 Å². The summed E-state index contributed by atoms with van der Waals surface area (Å²) in [6.45, 7) is 0. The number of hydrogen-bond acceptors (Lipinski definition) is 3. The molecule has 0 saturated heterocycles. The molecule has 0 aromatic rings. The van der Waals surface area contributed by atoms with E-state index in [1.807, 2.05) is 0 Å². The Kier molecular flexibility index (Phi) is 5.39. The molecule has 2 aliphatic rings. The fourth-order valence-electron chi connectivity index (χ4n) is 3.11. The van der Waals surface area contributed by atoms with Gasteiger partial charge in [0, 0.05) is 0 Å². The van der Waals surface area contributed by atoms with Crippen LogP contribution < -0.4 is 0 Å². The van der Waals surface area contributed by atoms with Crippen molar-refractivity contribution in [1.29, 1.82) is 0 Å². The molecule has 1 unspecified atom stereocenters. The zero-order valence-corrected chi connectivity index (χ0v) is 12.6. The number of rotatable bonds is 4. The summed E-state index contributed by atoms with van der Waals surface area (Å²) in [5, 5.41) is -0.154. The maximum atomic E-state index is 12.2. The lowest BCUT2D eigenvalue weighted by molar-refractivity contribution is 0.478. The van der Waals surface area contributed by atoms with E-state index < -0.39 is 21.0 Å². The van der Waals surface area contributed by atoms with Crippen molar-refractivity contribution >= 4 is 21.0 Å². The first-order chi connectivity index (χ1) is 8.59. The molecular weight excluding hydrogens is 268 g/mol. The Bertz CT molecular complexity index is 341. The van der Waals surface area contributed by atoms with E-state index in [1.54, 1.807) is 0 Å². The van der Waals surface area contributed by atoms with Crippen LogP contribution >= 0.6 is 0 Å². The van der Waals surface area contributed by atoms with Crippen molar-refractivity contribution in [2.45, 2.75) is 74.7 Å². The van der Waals surface area contributed by atoms with Crippen LogP contribution in [0, 0.1) is 0 Å². The molecule has 18 heavy (non-hydrogen) atoms. The lowest BCUT2D eigenvalue weighted by Gasteiger charge is -2.27. The minimum absolute atomic E-state index is 0.0810. The smallest absolute Gasteiger partial charge is 0.205 e. The highest BCUT2D eigenvalue weighted by Gasteiger charge is 2.34. The average molecular weight is 292 g/mol. The Morgan fingerprint density at radius 1 is 0.889 bits per heavy atom. The third kappa shape index (κ3) is 3.87. The van der Waals surface area contributed by atoms with E-state index in [4.69, 9.17) is 0 Å². The van der Waals surface area contributed by atoms with Gasteiger partial charge in [-0.25, -0.2) is 8.42 Å². The van der Waals surface area contributed by atoms with Gasteiger partial charge in [0.15, 0.2) is 9.84 Å². The Labute approximate surface area is 114 Å². The molecule has 0 spiro atoms. The summed E-state index contributed by atoms with van der Waals surface area (Å²) in [5.74, 6) is 0. The van der Waals surface area contributed by atoms with E-state index in [1.165, 1.54) is 6.42 Å². The molecule has 0 heterocycles. The maximum Gasteiger partial charge on any atom is 0.205 e. The summed E-state index contributed by atoms with van der Waals surface area (Å²) < 4.78 is 36.7. The monoisotopic (exact) mass is 292 g/mol. The summed E-state index contributed by atoms with van der Waals surface area (Å²) in [7, 11) is -3.13. The predicted octanol–water partition coefficient (Wildman–Crippen LogP) is 2.77. The second kappa shape index (κ2) is 6.62. The Morgan fingerprint density at radius 3 is 1.94 bits per heavy atom. The van der Waals surface area contributed by atoms with E-state index in [9.17, 15) is 13.0 Å². The molecule has 2 aliphatic carbocycles. The second-order valence-electron chi connectivity index (χ2n) is 5.68. The first kappa shape index (κ1) is 14.7. The summed E-state index contributed by atoms with van der Waals surface area (Å²) in [6.07, 6.45) is 10.1. The van der Waals surface area contributed by atoms with Crippen molar-refractivity contribution in [2.75, 3.05) is 5.08 Å². The molecule has 0 amide bonds. The van der Waals surface area contributed by atoms with Gasteiger partial charge < -0.3 is 4.55 Å². The molecule has 106 valence electrons. The normalized spacial score (nSPS) is 26.1. The van der Waals surface area contributed by atoms with Gasteiger partial charge in [-0.05, 0) is 49.7 Å². The van der Waals surface area contributed by atoms with Gasteiger partial charge in [0.2, 0.25) is 5.08 Å². The fraction of sp³-hybridized carbons (Fsp3) is 1.00. The first-order valence-electron chi connectivity index (χ1n) is 7.18. The molecule has 0 radical (unpaired) electrons. The van der Waals surface area contributed by atoms with Gasteiger partial charge in [0.05, 0.1) is 5.25 Å². The quantitative estimate of drug-likeness (QED) is 0.749. The topological polar surface area (TPSA) is 57.2 Å². The van der Waals surface area contributed by atoms with Gasteiger partial charge >= 0.3 is 0 Å². The molecule has 0 aromatic carbocycles. The van der Waals surface area contributed by atoms with E-state index in [0.717, 1.165) is 57.8 Å². The highest BCUT2D eigenvalue weighted by atomic mass is 32.3. The van der Waals surface area contributed by atoms with Crippen LogP contribution in [-0.2, 0) is 21.0 Å². The Balaban J connectivity index is 1.89. The van der Waals surface area contributed by atoms with Gasteiger partial charge in [-0.2, -0.15) is 0 Å². The number of sulfone groups is 1. The standard InChI is InChI=1S/C13H24O3S2/c14-17(12-7-3-1-4-8-12)11-18(15,16)13-9-5-2-6-10-13/h12-13H,1-11H2. The van der Waals surface area contributed by atoms with Crippen molar-refractivity contribution in [3.63, 3.8) is 0 Å². The summed E-state index contributed by atoms with van der Waals surface area (Å²) >= 11 is -1.17. The molecule has 0 aromatic heterocycles. The van der Waals surface area contributed by atoms with Crippen LogP contribution in [0.5, 0.6) is 0 Å². The van der Waals surface area contributed by atoms with Gasteiger partial charge in [-0.3, -0.25) is 0 Å². The largest absolute Gasteiger partial charge is 0.615 e. The van der Waals surface area contributed by atoms with Gasteiger partial charge in [-0.1, -0.05) is 25.7 Å². The molecule has 3 nitrogen and oxygen atoms in total. The van der Waals surface area contributed by atoms with Crippen LogP contribution in [0.15, 0.2) is 0 Å². The number of hydrogen-bond donors (Lipinski definition) is 0. The van der Waals surface area contributed by atoms with Crippen LogP contribution in [0.25, 0.3) is 0 Å². The zero-order valence-electron chi connectivity index (χ0n) is 11.0. The molecule has 1 atom stereocenters. The summed E-state index contributed by atoms with van der Waals surface area (Å²) in [6, 6.07) is 0. The third-order valence-corrected chi connectivity index (χ3v) is 9.21. The maximum absolute atomic E-state index is 12.2. The molecule has 0 bridgehead atoms. The van der Waals surface area contributed by atoms with Crippen LogP contribution in [0.1, 0.15) is 64.2 Å². The zero-order chi connectivity index (χ0) is 13.0. The van der Waals surface area contributed by atoms with Crippen molar-refractivity contribution in [3.8, 4) is 0 Å². The third-order valence-electron chi connectivity index (χ3n) is 4.26. The van der Waals surface area contributed by atoms with Gasteiger partial charge in [0.25, 0.3) is 0 Å². The lowest BCUT2D eigenvalue weighted by atomic mass is 10.0. The summed E-state index contributed by atoms with van der Waals surface area (Å²) in [5.41, 5.74) is 0. The SMILES string of the molecule is O=S(=O)(C[S+]([O-])C1CCCCC1)C1CCCCC1. The van der Waals surface area contributed by atoms with Crippen LogP contribution in [0.2, 0.25) is 0 Å². The average Bonchev–Trinajstić information content (AvgIpc) is 2.40. The molecule has 2 saturated carbocycles. The van der Waals surface area contributed by atoms with Crippen molar-refractivity contribution in [1.82, 2.24) is 0 Å². The molecule has 0 N–H and O–H groups in total. The summed E-state index contributed by atoms with van der Waals surface area (Å²) in [4.78, 5) is 0. The molecule has 0 aliphatic heterocycles. The van der Waals surface area contributed by atoms with Crippen molar-refractivity contribution in [3.05, 3.63) is 0 Å². The first-order valence-corrected chi connectivity index (χ1v) is 10.3. The van der Waals surface area contributed by atoms with E-state index >= 15 is 0 Å². The van der Waals surface area contributed by atoms with Crippen LogP contribution in [0.3, 0.4) is 0 Å². The Hall–Kier alpha value is 0.260. The molecule has 2 rings (SSSR count). The highest BCUT2D eigenvalue weighted by molar-refractivity contribution is 8.08. The highest BCUT2D eigenvalue weighted by Crippen LogP contribution is 2.29. The molecular formula is C13H24O3S2. The van der Waals surface area contributed by atoms with Gasteiger partial charge in [0.1, 0.15) is 5.25 Å². The Morgan fingerprint density at radius 2 is 1.39 bits per heavy atom. The minimum atomic E-state index is -3.13. The van der Waals surface area contributed by atoms with Crippen molar-refractivity contribution < 1.29 is 13.0 Å². The second-order valence-corrected chi connectivity index (χ2v) is 10.0. The lowest BCUT2D eigenvalue weighted by Crippen LogP contribution is -2.35. The van der Waals surface area contributed by atoms with Crippen LogP contribution in [-0.4, -0.2) is 28.6 Å².